The molecule has 0 saturated carbocycles. The Labute approximate surface area is 83.3 Å². The van der Waals surface area contributed by atoms with Gasteiger partial charge < -0.3 is 9.74 Å². The van der Waals surface area contributed by atoms with Crippen LogP contribution in [0.15, 0.2) is 18.5 Å². The molecule has 0 bridgehead atoms. The number of nitrogens with zero attached hydrogens (tertiary/aromatic N) is 4. The molecule has 1 aliphatic rings. The van der Waals surface area contributed by atoms with Crippen molar-refractivity contribution in [3.63, 3.8) is 0 Å². The lowest BCUT2D eigenvalue weighted by Gasteiger charge is -2.32. The minimum atomic E-state index is 0.809. The van der Waals surface area contributed by atoms with E-state index in [1.54, 1.807) is 19.5 Å². The molecule has 2 heterocycles. The van der Waals surface area contributed by atoms with Crippen molar-refractivity contribution in [3.05, 3.63) is 18.5 Å². The Balaban J connectivity index is 1.96. The minimum Gasteiger partial charge on any atom is -0.338 e. The first-order valence-corrected chi connectivity index (χ1v) is 4.71. The smallest absolute Gasteiger partial charge is 0.225 e. The van der Waals surface area contributed by atoms with Crippen LogP contribution in [0.2, 0.25) is 0 Å². The maximum absolute atomic E-state index is 5.14. The highest BCUT2D eigenvalue weighted by Crippen LogP contribution is 2.08. The highest BCUT2D eigenvalue weighted by Gasteiger charge is 2.17. The van der Waals surface area contributed by atoms with Crippen molar-refractivity contribution in [2.75, 3.05) is 38.2 Å². The summed E-state index contributed by atoms with van der Waals surface area (Å²) in [5.41, 5.74) is 0. The molecule has 0 radical (unpaired) electrons. The van der Waals surface area contributed by atoms with Crippen LogP contribution in [0.25, 0.3) is 0 Å². The predicted molar refractivity (Wildman–Crippen MR) is 52.8 cm³/mol. The SMILES string of the molecule is CON1CCN(c2ncccn2)CC1. The summed E-state index contributed by atoms with van der Waals surface area (Å²) < 4.78 is 0. The van der Waals surface area contributed by atoms with Gasteiger partial charge in [-0.25, -0.2) is 9.97 Å². The van der Waals surface area contributed by atoms with E-state index in [2.05, 4.69) is 14.9 Å². The van der Waals surface area contributed by atoms with Crippen molar-refractivity contribution in [2.24, 2.45) is 0 Å². The summed E-state index contributed by atoms with van der Waals surface area (Å²) in [6.07, 6.45) is 3.54. The first-order valence-electron chi connectivity index (χ1n) is 4.71. The zero-order valence-corrected chi connectivity index (χ0v) is 8.26. The van der Waals surface area contributed by atoms with Crippen LogP contribution >= 0.6 is 0 Å². The van der Waals surface area contributed by atoms with Gasteiger partial charge in [0, 0.05) is 38.6 Å². The summed E-state index contributed by atoms with van der Waals surface area (Å²) >= 11 is 0. The van der Waals surface area contributed by atoms with E-state index in [4.69, 9.17) is 4.84 Å². The van der Waals surface area contributed by atoms with E-state index in [9.17, 15) is 0 Å². The number of rotatable bonds is 2. The molecule has 1 aromatic heterocycles. The average molecular weight is 194 g/mol. The Bertz CT molecular complexity index is 271. The van der Waals surface area contributed by atoms with Crippen LogP contribution in [-0.4, -0.2) is 48.3 Å². The average Bonchev–Trinajstić information content (AvgIpc) is 2.30. The molecule has 1 fully saturated rings. The number of piperazine rings is 1. The summed E-state index contributed by atoms with van der Waals surface area (Å²) in [6.45, 7) is 3.62. The van der Waals surface area contributed by atoms with E-state index in [1.165, 1.54) is 0 Å². The van der Waals surface area contributed by atoms with Crippen LogP contribution < -0.4 is 4.90 Å². The standard InChI is InChI=1S/C9H14N4O/c1-14-13-7-5-12(6-8-13)9-10-3-2-4-11-9/h2-4H,5-8H2,1H3. The fraction of sp³-hybridized carbons (Fsp3) is 0.556. The summed E-state index contributed by atoms with van der Waals surface area (Å²) in [6, 6.07) is 1.83. The third-order valence-electron chi connectivity index (χ3n) is 2.33. The zero-order valence-electron chi connectivity index (χ0n) is 8.26. The molecule has 0 unspecified atom stereocenters. The van der Waals surface area contributed by atoms with E-state index in [0.29, 0.717) is 0 Å². The molecule has 0 N–H and O–H groups in total. The van der Waals surface area contributed by atoms with Gasteiger partial charge in [0.05, 0.1) is 7.11 Å². The van der Waals surface area contributed by atoms with Gasteiger partial charge in [-0.1, -0.05) is 0 Å². The third-order valence-corrected chi connectivity index (χ3v) is 2.33. The minimum absolute atomic E-state index is 0.809. The third kappa shape index (κ3) is 2.00. The van der Waals surface area contributed by atoms with Crippen LogP contribution in [0.1, 0.15) is 0 Å². The number of hydroxylamine groups is 2. The Morgan fingerprint density at radius 2 is 1.79 bits per heavy atom. The molecule has 1 saturated heterocycles. The first kappa shape index (κ1) is 9.36. The Hall–Kier alpha value is -1.20. The number of hydrogen-bond acceptors (Lipinski definition) is 5. The molecule has 76 valence electrons. The van der Waals surface area contributed by atoms with Crippen molar-refractivity contribution >= 4 is 5.95 Å². The van der Waals surface area contributed by atoms with Crippen molar-refractivity contribution in [1.82, 2.24) is 15.0 Å². The van der Waals surface area contributed by atoms with Crippen molar-refractivity contribution in [2.45, 2.75) is 0 Å². The quantitative estimate of drug-likeness (QED) is 0.671. The normalized spacial score (nSPS) is 18.5. The monoisotopic (exact) mass is 194 g/mol. The molecule has 1 aromatic rings. The number of hydrogen-bond donors (Lipinski definition) is 0. The highest BCUT2D eigenvalue weighted by atomic mass is 16.7. The second kappa shape index (κ2) is 4.34. The van der Waals surface area contributed by atoms with Crippen LogP contribution in [0.4, 0.5) is 5.95 Å². The highest BCUT2D eigenvalue weighted by molar-refractivity contribution is 5.28. The van der Waals surface area contributed by atoms with Gasteiger partial charge in [-0.3, -0.25) is 0 Å². The molecule has 0 aliphatic carbocycles. The Morgan fingerprint density at radius 3 is 2.36 bits per heavy atom. The van der Waals surface area contributed by atoms with Gasteiger partial charge in [-0.15, -0.1) is 0 Å². The van der Waals surface area contributed by atoms with Crippen molar-refractivity contribution in [1.29, 1.82) is 0 Å². The van der Waals surface area contributed by atoms with Gasteiger partial charge in [0.1, 0.15) is 0 Å². The van der Waals surface area contributed by atoms with E-state index in [0.717, 1.165) is 32.1 Å². The lowest BCUT2D eigenvalue weighted by Crippen LogP contribution is -2.46. The fourth-order valence-corrected chi connectivity index (χ4v) is 1.53. The molecule has 5 heteroatoms. The molecular weight excluding hydrogens is 180 g/mol. The van der Waals surface area contributed by atoms with Gasteiger partial charge in [0.2, 0.25) is 5.95 Å². The van der Waals surface area contributed by atoms with Gasteiger partial charge in [0.15, 0.2) is 0 Å². The molecule has 14 heavy (non-hydrogen) atoms. The maximum Gasteiger partial charge on any atom is 0.225 e. The fourth-order valence-electron chi connectivity index (χ4n) is 1.53. The number of anilines is 1. The molecule has 0 atom stereocenters. The lowest BCUT2D eigenvalue weighted by atomic mass is 10.4. The van der Waals surface area contributed by atoms with Gasteiger partial charge >= 0.3 is 0 Å². The van der Waals surface area contributed by atoms with Crippen molar-refractivity contribution in [3.8, 4) is 0 Å². The number of aromatic nitrogens is 2. The predicted octanol–water partition coefficient (Wildman–Crippen LogP) is 0.160. The summed E-state index contributed by atoms with van der Waals surface area (Å²) in [4.78, 5) is 15.7. The molecule has 0 aromatic carbocycles. The molecule has 2 rings (SSSR count). The van der Waals surface area contributed by atoms with Crippen molar-refractivity contribution < 1.29 is 4.84 Å². The summed E-state index contributed by atoms with van der Waals surface area (Å²) in [5.74, 6) is 0.809. The Morgan fingerprint density at radius 1 is 1.14 bits per heavy atom. The van der Waals surface area contributed by atoms with E-state index < -0.39 is 0 Å². The zero-order chi connectivity index (χ0) is 9.80. The van der Waals surface area contributed by atoms with Crippen LogP contribution in [0, 0.1) is 0 Å². The van der Waals surface area contributed by atoms with Crippen LogP contribution in [0.5, 0.6) is 0 Å². The Kier molecular flexibility index (Phi) is 2.90. The second-order valence-electron chi connectivity index (χ2n) is 3.15. The summed E-state index contributed by atoms with van der Waals surface area (Å²) in [5, 5.41) is 1.94. The molecule has 1 aliphatic heterocycles. The molecule has 0 amide bonds. The van der Waals surface area contributed by atoms with Gasteiger partial charge in [-0.05, 0) is 6.07 Å². The summed E-state index contributed by atoms with van der Waals surface area (Å²) in [7, 11) is 1.70. The maximum atomic E-state index is 5.14. The van der Waals surface area contributed by atoms with E-state index in [-0.39, 0.29) is 0 Å². The second-order valence-corrected chi connectivity index (χ2v) is 3.15. The first-order chi connectivity index (χ1) is 6.90. The molecule has 5 nitrogen and oxygen atoms in total. The van der Waals surface area contributed by atoms with E-state index in [1.807, 2.05) is 11.1 Å². The van der Waals surface area contributed by atoms with Gasteiger partial charge in [-0.2, -0.15) is 5.06 Å². The molecule has 0 spiro atoms. The largest absolute Gasteiger partial charge is 0.338 e. The van der Waals surface area contributed by atoms with Crippen LogP contribution in [0.3, 0.4) is 0 Å². The van der Waals surface area contributed by atoms with Gasteiger partial charge in [0.25, 0.3) is 0 Å². The lowest BCUT2D eigenvalue weighted by molar-refractivity contribution is -0.133. The molecular formula is C9H14N4O. The topological polar surface area (TPSA) is 41.5 Å². The van der Waals surface area contributed by atoms with Crippen LogP contribution in [-0.2, 0) is 4.84 Å². The van der Waals surface area contributed by atoms with E-state index >= 15 is 0 Å².